The van der Waals surface area contributed by atoms with Gasteiger partial charge in [0, 0.05) is 34.2 Å². The second kappa shape index (κ2) is 14.4. The second-order valence-electron chi connectivity index (χ2n) is 8.52. The number of hydrogen-bond donors (Lipinski definition) is 2. The minimum absolute atomic E-state index is 0.134. The van der Waals surface area contributed by atoms with Crippen LogP contribution in [0.5, 0.6) is 0 Å². The number of aromatic nitrogens is 3. The lowest BCUT2D eigenvalue weighted by Gasteiger charge is -2.45. The molecule has 0 spiro atoms. The molecule has 39 heavy (non-hydrogen) atoms. The summed E-state index contributed by atoms with van der Waals surface area (Å²) in [6.45, 7) is 3.93. The lowest BCUT2D eigenvalue weighted by molar-refractivity contribution is -0.239. The quantitative estimate of drug-likeness (QED) is 0.177. The zero-order chi connectivity index (χ0) is 29.3. The summed E-state index contributed by atoms with van der Waals surface area (Å²) in [5.41, 5.74) is 0.215. The van der Waals surface area contributed by atoms with Crippen LogP contribution in [0.3, 0.4) is 0 Å². The highest BCUT2D eigenvalue weighted by Gasteiger charge is 2.51. The average molecular weight is 576 g/mol. The molecule has 0 bridgehead atoms. The Kier molecular flexibility index (Phi) is 11.6. The van der Waals surface area contributed by atoms with Crippen molar-refractivity contribution in [3.05, 3.63) is 11.9 Å². The van der Waals surface area contributed by atoms with E-state index in [1.165, 1.54) is 22.7 Å². The van der Waals surface area contributed by atoms with E-state index in [0.29, 0.717) is 0 Å². The fourth-order valence-corrected chi connectivity index (χ4v) is 4.02. The maximum absolute atomic E-state index is 12.2. The summed E-state index contributed by atoms with van der Waals surface area (Å²) < 4.78 is 23.1. The lowest BCUT2D eigenvalue weighted by atomic mass is 9.95. The van der Waals surface area contributed by atoms with Gasteiger partial charge in [-0.2, -0.15) is 0 Å². The van der Waals surface area contributed by atoms with Gasteiger partial charge in [-0.1, -0.05) is 5.21 Å². The Morgan fingerprint density at radius 1 is 1.08 bits per heavy atom. The number of aliphatic carboxylic acids is 1. The van der Waals surface area contributed by atoms with Crippen molar-refractivity contribution in [2.24, 2.45) is 0 Å². The van der Waals surface area contributed by atoms with Crippen molar-refractivity contribution in [1.29, 1.82) is 0 Å². The fraction of sp³-hybridized carbons (Fsp3) is 0.636. The van der Waals surface area contributed by atoms with Crippen molar-refractivity contribution in [2.45, 2.75) is 71.2 Å². The number of alkyl halides is 1. The number of hydrogen-bond acceptors (Lipinski definition) is 12. The van der Waals surface area contributed by atoms with Crippen LogP contribution in [0, 0.1) is 0 Å². The van der Waals surface area contributed by atoms with E-state index < -0.39 is 72.9 Å². The highest BCUT2D eigenvalue weighted by Crippen LogP contribution is 2.32. The molecule has 0 aromatic carbocycles. The van der Waals surface area contributed by atoms with Crippen LogP contribution in [0.4, 0.5) is 0 Å². The van der Waals surface area contributed by atoms with Gasteiger partial charge in [-0.25, -0.2) is 4.68 Å². The second-order valence-corrected chi connectivity index (χ2v) is 8.79. The van der Waals surface area contributed by atoms with Crippen LogP contribution < -0.4 is 5.32 Å². The first kappa shape index (κ1) is 31.4. The Balaban J connectivity index is 2.47. The Labute approximate surface area is 227 Å². The Morgan fingerprint density at radius 2 is 1.72 bits per heavy atom. The van der Waals surface area contributed by atoms with Crippen molar-refractivity contribution in [3.63, 3.8) is 0 Å². The largest absolute Gasteiger partial charge is 0.481 e. The number of rotatable bonds is 12. The van der Waals surface area contributed by atoms with Crippen LogP contribution in [-0.2, 0) is 54.3 Å². The molecule has 2 heterocycles. The molecule has 0 unspecified atom stereocenters. The Morgan fingerprint density at radius 3 is 2.26 bits per heavy atom. The normalized spacial score (nSPS) is 22.3. The Hall–Kier alpha value is -3.79. The molecule has 1 saturated heterocycles. The minimum Gasteiger partial charge on any atom is -0.481 e. The molecule has 5 atom stereocenters. The van der Waals surface area contributed by atoms with E-state index in [1.807, 2.05) is 0 Å². The third kappa shape index (κ3) is 9.47. The number of carboxylic acids is 1. The minimum atomic E-state index is -1.30. The smallest absolute Gasteiger partial charge is 0.305 e. The van der Waals surface area contributed by atoms with Gasteiger partial charge in [0.15, 0.2) is 18.4 Å². The summed E-state index contributed by atoms with van der Waals surface area (Å²) in [5.74, 6) is -4.73. The number of halogens is 1. The summed E-state index contributed by atoms with van der Waals surface area (Å²) >= 11 is 5.64. The number of ether oxygens (including phenoxy) is 4. The molecule has 1 aromatic rings. The molecule has 1 fully saturated rings. The number of esters is 3. The molecule has 2 amide bonds. The van der Waals surface area contributed by atoms with Crippen molar-refractivity contribution in [1.82, 2.24) is 25.2 Å². The number of nitrogens with one attached hydrogen (secondary N) is 1. The highest BCUT2D eigenvalue weighted by molar-refractivity contribution is 6.27. The number of carbonyl (C=O) groups is 6. The molecule has 1 aliphatic rings. The molecule has 0 aliphatic carbocycles. The molecule has 17 heteroatoms. The van der Waals surface area contributed by atoms with E-state index in [1.54, 1.807) is 0 Å². The van der Waals surface area contributed by atoms with Gasteiger partial charge < -0.3 is 34.3 Å². The van der Waals surface area contributed by atoms with Crippen LogP contribution in [0.2, 0.25) is 0 Å². The Bertz CT molecular complexity index is 1080. The summed E-state index contributed by atoms with van der Waals surface area (Å²) in [6.07, 6.45) is -3.92. The third-order valence-electron chi connectivity index (χ3n) is 5.32. The van der Waals surface area contributed by atoms with Crippen LogP contribution in [0.15, 0.2) is 6.20 Å². The molecule has 2 rings (SSSR count). The maximum Gasteiger partial charge on any atom is 0.305 e. The molecule has 1 aromatic heterocycles. The van der Waals surface area contributed by atoms with Crippen LogP contribution in [0.1, 0.15) is 46.0 Å². The van der Waals surface area contributed by atoms with Gasteiger partial charge in [0.2, 0.25) is 11.8 Å². The number of carboxylic acid groups (broad SMARTS) is 1. The summed E-state index contributed by atoms with van der Waals surface area (Å²) in [4.78, 5) is 71.8. The monoisotopic (exact) mass is 575 g/mol. The van der Waals surface area contributed by atoms with E-state index in [-0.39, 0.29) is 31.1 Å². The molecule has 2 N–H and O–H groups in total. The molecule has 1 aliphatic heterocycles. The lowest BCUT2D eigenvalue weighted by Crippen LogP contribution is -2.64. The standard InChI is InChI=1S/C22H30ClN5O11/c1-11(29)24-19-21(38-14(4)32)20(37-13(3)31)16(10-36-12(2)30)39-22(19)28-9-15(25-26-28)8-27(17(33)7-23)6-5-18(34)35/h9,16,19-22H,5-8,10H2,1-4H3,(H,24,29)(H,34,35)/t16-,19-,20-,21-,22-/m1/s1. The van der Waals surface area contributed by atoms with Gasteiger partial charge in [-0.15, -0.1) is 16.7 Å². The van der Waals surface area contributed by atoms with Gasteiger partial charge >= 0.3 is 23.9 Å². The maximum atomic E-state index is 12.2. The van der Waals surface area contributed by atoms with Crippen LogP contribution >= 0.6 is 11.6 Å². The summed E-state index contributed by atoms with van der Waals surface area (Å²) in [5, 5.41) is 19.6. The zero-order valence-corrected chi connectivity index (χ0v) is 22.5. The predicted molar refractivity (Wildman–Crippen MR) is 128 cm³/mol. The topological polar surface area (TPSA) is 206 Å². The molecular formula is C22H30ClN5O11. The summed E-state index contributed by atoms with van der Waals surface area (Å²) in [6, 6.07) is -1.16. The SMILES string of the molecule is CC(=O)N[C@@H]1[C@@H](OC(C)=O)[C@H](OC(C)=O)[C@@H](COC(C)=O)O[C@H]1n1cc(CN(CCC(=O)O)C(=O)CCl)nn1. The number of carbonyl (C=O) groups excluding carboxylic acids is 5. The molecular weight excluding hydrogens is 546 g/mol. The molecule has 16 nitrogen and oxygen atoms in total. The third-order valence-corrected chi connectivity index (χ3v) is 5.55. The van der Waals surface area contributed by atoms with Gasteiger partial charge in [0.1, 0.15) is 30.3 Å². The van der Waals surface area contributed by atoms with E-state index >= 15 is 0 Å². The van der Waals surface area contributed by atoms with E-state index in [2.05, 4.69) is 15.6 Å². The zero-order valence-electron chi connectivity index (χ0n) is 21.7. The van der Waals surface area contributed by atoms with E-state index in [4.69, 9.17) is 35.7 Å². The van der Waals surface area contributed by atoms with Crippen molar-refractivity contribution < 1.29 is 52.8 Å². The first-order chi connectivity index (χ1) is 18.3. The van der Waals surface area contributed by atoms with Crippen molar-refractivity contribution in [3.8, 4) is 0 Å². The van der Waals surface area contributed by atoms with Crippen LogP contribution in [0.25, 0.3) is 0 Å². The first-order valence-corrected chi connectivity index (χ1v) is 12.2. The molecule has 0 saturated carbocycles. The predicted octanol–water partition coefficient (Wildman–Crippen LogP) is -0.851. The first-order valence-electron chi connectivity index (χ1n) is 11.7. The summed E-state index contributed by atoms with van der Waals surface area (Å²) in [7, 11) is 0. The fourth-order valence-electron chi connectivity index (χ4n) is 3.85. The van der Waals surface area contributed by atoms with Crippen LogP contribution in [-0.4, -0.2) is 104 Å². The molecule has 0 radical (unpaired) electrons. The highest BCUT2D eigenvalue weighted by atomic mass is 35.5. The van der Waals surface area contributed by atoms with Crippen molar-refractivity contribution >= 4 is 47.3 Å². The van der Waals surface area contributed by atoms with Gasteiger partial charge in [0.25, 0.3) is 0 Å². The number of amides is 2. The van der Waals surface area contributed by atoms with Crippen molar-refractivity contribution in [2.75, 3.05) is 19.0 Å². The average Bonchev–Trinajstić information content (AvgIpc) is 3.29. The van der Waals surface area contributed by atoms with Gasteiger partial charge in [-0.05, 0) is 0 Å². The molecule has 216 valence electrons. The number of nitrogens with zero attached hydrogens (tertiary/aromatic N) is 4. The van der Waals surface area contributed by atoms with Gasteiger partial charge in [0.05, 0.1) is 19.2 Å². The van der Waals surface area contributed by atoms with Gasteiger partial charge in [-0.3, -0.25) is 28.8 Å². The van der Waals surface area contributed by atoms with E-state index in [9.17, 15) is 28.8 Å². The van der Waals surface area contributed by atoms with E-state index in [0.717, 1.165) is 20.8 Å².